The molecule has 1 fully saturated rings. The highest BCUT2D eigenvalue weighted by atomic mass is 16.1. The molecule has 1 aliphatic carbocycles. The summed E-state index contributed by atoms with van der Waals surface area (Å²) in [6.45, 7) is 2.03. The Labute approximate surface area is 102 Å². The monoisotopic (exact) mass is 227 g/mol. The summed E-state index contributed by atoms with van der Waals surface area (Å²) in [5.74, 6) is 0.132. The average molecular weight is 227 g/mol. The van der Waals surface area contributed by atoms with Crippen LogP contribution in [0.1, 0.15) is 36.8 Å². The number of Topliss-reactive ketones (excluding diaryl/α,β-unsaturated/α-hetero) is 1. The van der Waals surface area contributed by atoms with E-state index in [0.717, 1.165) is 24.8 Å². The second kappa shape index (κ2) is 4.71. The zero-order valence-electron chi connectivity index (χ0n) is 10.2. The minimum Gasteiger partial charge on any atom is -0.298 e. The topological polar surface area (TPSA) is 40.9 Å². The number of nitriles is 1. The van der Waals surface area contributed by atoms with E-state index in [0.29, 0.717) is 12.8 Å². The van der Waals surface area contributed by atoms with Crippen molar-refractivity contribution in [3.63, 3.8) is 0 Å². The fraction of sp³-hybridized carbons (Fsp3) is 0.467. The predicted molar refractivity (Wildman–Crippen MR) is 66.4 cm³/mol. The molecule has 0 amide bonds. The molecule has 1 aromatic rings. The molecule has 0 heterocycles. The molecule has 1 aliphatic rings. The van der Waals surface area contributed by atoms with Gasteiger partial charge in [0, 0.05) is 6.42 Å². The van der Waals surface area contributed by atoms with Crippen molar-refractivity contribution in [1.82, 2.24) is 0 Å². The number of rotatable bonds is 2. The van der Waals surface area contributed by atoms with Crippen molar-refractivity contribution >= 4 is 5.78 Å². The molecule has 2 rings (SSSR count). The van der Waals surface area contributed by atoms with Gasteiger partial charge >= 0.3 is 0 Å². The first-order valence-corrected chi connectivity index (χ1v) is 6.16. The maximum absolute atomic E-state index is 12.0. The molecule has 1 aromatic carbocycles. The van der Waals surface area contributed by atoms with E-state index in [-0.39, 0.29) is 5.78 Å². The van der Waals surface area contributed by atoms with Crippen LogP contribution >= 0.6 is 0 Å². The molecular weight excluding hydrogens is 210 g/mol. The summed E-state index contributed by atoms with van der Waals surface area (Å²) in [5, 5.41) is 9.37. The Hall–Kier alpha value is -1.62. The lowest BCUT2D eigenvalue weighted by Crippen LogP contribution is -2.34. The highest BCUT2D eigenvalue weighted by molar-refractivity contribution is 5.88. The van der Waals surface area contributed by atoms with E-state index in [1.807, 2.05) is 25.1 Å². The van der Waals surface area contributed by atoms with Gasteiger partial charge < -0.3 is 0 Å². The lowest BCUT2D eigenvalue weighted by molar-refractivity contribution is -0.128. The van der Waals surface area contributed by atoms with E-state index >= 15 is 0 Å². The summed E-state index contributed by atoms with van der Waals surface area (Å²) in [7, 11) is 0. The minimum atomic E-state index is -0.758. The second-order valence-electron chi connectivity index (χ2n) is 4.99. The van der Waals surface area contributed by atoms with Crippen LogP contribution in [0.3, 0.4) is 0 Å². The molecule has 0 saturated heterocycles. The van der Waals surface area contributed by atoms with Gasteiger partial charge in [0.2, 0.25) is 0 Å². The molecule has 2 nitrogen and oxygen atoms in total. The van der Waals surface area contributed by atoms with E-state index in [2.05, 4.69) is 12.1 Å². The molecule has 1 unspecified atom stereocenters. The van der Waals surface area contributed by atoms with Crippen molar-refractivity contribution in [2.45, 2.75) is 39.0 Å². The quantitative estimate of drug-likeness (QED) is 0.778. The van der Waals surface area contributed by atoms with Crippen LogP contribution in [0.4, 0.5) is 0 Å². The molecule has 88 valence electrons. The molecular formula is C15H17NO. The fourth-order valence-electron chi connectivity index (χ4n) is 2.61. The molecule has 17 heavy (non-hydrogen) atoms. The Morgan fingerprint density at radius 1 is 1.41 bits per heavy atom. The van der Waals surface area contributed by atoms with Gasteiger partial charge in [0.05, 0.1) is 6.07 Å². The lowest BCUT2D eigenvalue weighted by atomic mass is 9.70. The maximum Gasteiger partial charge on any atom is 0.153 e. The average Bonchev–Trinajstić information content (AvgIpc) is 2.32. The molecule has 0 radical (unpaired) electrons. The third-order valence-corrected chi connectivity index (χ3v) is 3.59. The molecule has 0 bridgehead atoms. The van der Waals surface area contributed by atoms with Crippen LogP contribution < -0.4 is 0 Å². The normalized spacial score (nSPS) is 24.4. The van der Waals surface area contributed by atoms with Crippen LogP contribution in [0.5, 0.6) is 0 Å². The van der Waals surface area contributed by atoms with Crippen LogP contribution in [0, 0.1) is 23.7 Å². The third kappa shape index (κ3) is 2.39. The number of carbonyl (C=O) groups is 1. The zero-order valence-corrected chi connectivity index (χ0v) is 10.2. The molecule has 0 N–H and O–H groups in total. The number of ketones is 1. The summed E-state index contributed by atoms with van der Waals surface area (Å²) in [4.78, 5) is 12.0. The van der Waals surface area contributed by atoms with Crippen molar-refractivity contribution in [1.29, 1.82) is 5.26 Å². The van der Waals surface area contributed by atoms with E-state index in [1.165, 1.54) is 5.56 Å². The van der Waals surface area contributed by atoms with Crippen LogP contribution in [0.15, 0.2) is 24.3 Å². The Bertz CT molecular complexity index is 472. The van der Waals surface area contributed by atoms with Gasteiger partial charge in [-0.2, -0.15) is 5.26 Å². The number of nitrogens with zero attached hydrogens (tertiary/aromatic N) is 1. The Morgan fingerprint density at radius 2 is 2.24 bits per heavy atom. The number of carbonyl (C=O) groups excluding carboxylic acids is 1. The standard InChI is InChI=1S/C15H17NO/c1-12-5-4-6-13(9-12)10-15(11-16)8-3-2-7-14(15)17/h4-6,9H,2-3,7-8,10H2,1H3. The van der Waals surface area contributed by atoms with E-state index in [9.17, 15) is 10.1 Å². The van der Waals surface area contributed by atoms with Gasteiger partial charge in [0.15, 0.2) is 5.78 Å². The van der Waals surface area contributed by atoms with Crippen LogP contribution in [-0.4, -0.2) is 5.78 Å². The first-order chi connectivity index (χ1) is 8.16. The summed E-state index contributed by atoms with van der Waals surface area (Å²) in [5.41, 5.74) is 1.52. The summed E-state index contributed by atoms with van der Waals surface area (Å²) in [6.07, 6.45) is 3.79. The fourth-order valence-corrected chi connectivity index (χ4v) is 2.61. The smallest absolute Gasteiger partial charge is 0.153 e. The summed E-state index contributed by atoms with van der Waals surface area (Å²) in [6, 6.07) is 10.4. The molecule has 1 saturated carbocycles. The molecule has 1 atom stereocenters. The van der Waals surface area contributed by atoms with Gasteiger partial charge in [-0.25, -0.2) is 0 Å². The lowest BCUT2D eigenvalue weighted by Gasteiger charge is -2.29. The predicted octanol–water partition coefficient (Wildman–Crippen LogP) is 3.19. The van der Waals surface area contributed by atoms with Crippen molar-refractivity contribution in [3.8, 4) is 6.07 Å². The Balaban J connectivity index is 2.25. The summed E-state index contributed by atoms with van der Waals surface area (Å²) >= 11 is 0. The zero-order chi connectivity index (χ0) is 12.3. The molecule has 0 spiro atoms. The SMILES string of the molecule is Cc1cccc(CC2(C#N)CCCCC2=O)c1. The largest absolute Gasteiger partial charge is 0.298 e. The van der Waals surface area contributed by atoms with E-state index in [4.69, 9.17) is 0 Å². The van der Waals surface area contributed by atoms with E-state index < -0.39 is 5.41 Å². The van der Waals surface area contributed by atoms with Crippen molar-refractivity contribution < 1.29 is 4.79 Å². The molecule has 2 heteroatoms. The maximum atomic E-state index is 12.0. The number of aryl methyl sites for hydroxylation is 1. The third-order valence-electron chi connectivity index (χ3n) is 3.59. The number of benzene rings is 1. The van der Waals surface area contributed by atoms with Gasteiger partial charge in [-0.3, -0.25) is 4.79 Å². The number of hydrogen-bond acceptors (Lipinski definition) is 2. The molecule has 0 aromatic heterocycles. The molecule has 0 aliphatic heterocycles. The first-order valence-electron chi connectivity index (χ1n) is 6.16. The van der Waals surface area contributed by atoms with Crippen LogP contribution in [-0.2, 0) is 11.2 Å². The van der Waals surface area contributed by atoms with Gasteiger partial charge in [-0.1, -0.05) is 36.2 Å². The van der Waals surface area contributed by atoms with Crippen molar-refractivity contribution in [2.24, 2.45) is 5.41 Å². The van der Waals surface area contributed by atoms with Crippen LogP contribution in [0.25, 0.3) is 0 Å². The first kappa shape index (κ1) is 11.9. The second-order valence-corrected chi connectivity index (χ2v) is 4.99. The van der Waals surface area contributed by atoms with Crippen molar-refractivity contribution in [2.75, 3.05) is 0 Å². The van der Waals surface area contributed by atoms with Gasteiger partial charge in [-0.05, 0) is 31.7 Å². The van der Waals surface area contributed by atoms with Crippen LogP contribution in [0.2, 0.25) is 0 Å². The highest BCUT2D eigenvalue weighted by Gasteiger charge is 2.40. The van der Waals surface area contributed by atoms with Gasteiger partial charge in [0.1, 0.15) is 5.41 Å². The van der Waals surface area contributed by atoms with Gasteiger partial charge in [-0.15, -0.1) is 0 Å². The minimum absolute atomic E-state index is 0.132. The van der Waals surface area contributed by atoms with Gasteiger partial charge in [0.25, 0.3) is 0 Å². The highest BCUT2D eigenvalue weighted by Crippen LogP contribution is 2.36. The Morgan fingerprint density at radius 3 is 2.88 bits per heavy atom. The Kier molecular flexibility index (Phi) is 3.28. The van der Waals surface area contributed by atoms with Crippen molar-refractivity contribution in [3.05, 3.63) is 35.4 Å². The summed E-state index contributed by atoms with van der Waals surface area (Å²) < 4.78 is 0. The number of hydrogen-bond donors (Lipinski definition) is 0. The van der Waals surface area contributed by atoms with E-state index in [1.54, 1.807) is 0 Å².